The maximum atomic E-state index is 17.1. The van der Waals surface area contributed by atoms with Crippen LogP contribution in [0.2, 0.25) is 0 Å². The molecule has 14 rings (SSSR count). The molecule has 7 heteroatoms. The van der Waals surface area contributed by atoms with Crippen molar-refractivity contribution in [1.82, 2.24) is 4.57 Å². The summed E-state index contributed by atoms with van der Waals surface area (Å²) < 4.78 is 19.6. The first-order valence-electron chi connectivity index (χ1n) is 22.9. The van der Waals surface area contributed by atoms with Crippen LogP contribution in [0, 0.1) is 0 Å². The summed E-state index contributed by atoms with van der Waals surface area (Å²) in [5.74, 6) is 0. The number of hydrogen-bond acceptors (Lipinski definition) is 3. The summed E-state index contributed by atoms with van der Waals surface area (Å²) in [6.45, 7) is -0.0740. The zero-order valence-corrected chi connectivity index (χ0v) is 38.1. The fourth-order valence-electron chi connectivity index (χ4n) is 11.4. The van der Waals surface area contributed by atoms with Crippen molar-refractivity contribution >= 4 is 126 Å². The third-order valence-corrected chi connectivity index (χ3v) is 19.9. The molecule has 0 bridgehead atoms. The van der Waals surface area contributed by atoms with Crippen molar-refractivity contribution < 1.29 is 4.57 Å². The topological polar surface area (TPSA) is 28.5 Å². The normalized spacial score (nSPS) is 16.5. The Hall–Kier alpha value is -7.68. The Kier molecular flexibility index (Phi) is 8.59. The molecule has 0 amide bonds. The molecule has 2 unspecified atom stereocenters. The summed E-state index contributed by atoms with van der Waals surface area (Å²) in [6.07, 6.45) is 0. The van der Waals surface area contributed by atoms with Crippen molar-refractivity contribution in [2.24, 2.45) is 0 Å². The second-order valence-corrected chi connectivity index (χ2v) is 22.4. The van der Waals surface area contributed by atoms with E-state index in [1.807, 2.05) is 18.2 Å². The van der Waals surface area contributed by atoms with Crippen LogP contribution < -0.4 is 58.0 Å². The van der Waals surface area contributed by atoms with Crippen molar-refractivity contribution in [3.63, 3.8) is 0 Å². The molecular weight excluding hydrogens is 851 g/mol. The van der Waals surface area contributed by atoms with Crippen LogP contribution in [0.5, 0.6) is 0 Å². The SMILES string of the molecule is O=P1(c2ccccc2)c2cc(-n3c4ccccc4c4ccc5c(c43)N(c3ccccc3)c3ccccc3N5c3ccccc3)ccc2B2c3ccccc3P(c3ccccc3)c3cccc1c32. The van der Waals surface area contributed by atoms with Crippen LogP contribution in [0.4, 0.5) is 34.1 Å². The number of benzene rings is 10. The van der Waals surface area contributed by atoms with Crippen LogP contribution in [0.15, 0.2) is 243 Å². The van der Waals surface area contributed by atoms with Crippen LogP contribution in [0.3, 0.4) is 0 Å². The molecule has 0 N–H and O–H groups in total. The van der Waals surface area contributed by atoms with E-state index in [0.717, 1.165) is 83.0 Å². The predicted octanol–water partition coefficient (Wildman–Crippen LogP) is 10.6. The molecule has 67 heavy (non-hydrogen) atoms. The molecule has 0 aliphatic carbocycles. The van der Waals surface area contributed by atoms with Gasteiger partial charge in [0, 0.05) is 43.7 Å². The van der Waals surface area contributed by atoms with Crippen LogP contribution in [-0.4, -0.2) is 11.3 Å². The molecule has 0 saturated carbocycles. The van der Waals surface area contributed by atoms with Gasteiger partial charge in [-0.15, -0.1) is 0 Å². The number of rotatable bonds is 5. The van der Waals surface area contributed by atoms with Gasteiger partial charge < -0.3 is 18.9 Å². The van der Waals surface area contributed by atoms with Gasteiger partial charge in [0.15, 0.2) is 7.14 Å². The fraction of sp³-hybridized carbons (Fsp3) is 0. The van der Waals surface area contributed by atoms with E-state index < -0.39 is 15.1 Å². The molecule has 11 aromatic rings. The first-order chi connectivity index (χ1) is 33.2. The number of fused-ring (bicyclic) bond motifs is 10. The molecular formula is C60H40BN3OP2. The van der Waals surface area contributed by atoms with Gasteiger partial charge in [0.2, 0.25) is 6.71 Å². The third-order valence-electron chi connectivity index (χ3n) is 14.1. The van der Waals surface area contributed by atoms with Crippen LogP contribution in [0.1, 0.15) is 0 Å². The van der Waals surface area contributed by atoms with Gasteiger partial charge >= 0.3 is 0 Å². The van der Waals surface area contributed by atoms with Gasteiger partial charge in [-0.3, -0.25) is 0 Å². The first-order valence-corrected chi connectivity index (χ1v) is 26.0. The molecule has 0 radical (unpaired) electrons. The summed E-state index contributed by atoms with van der Waals surface area (Å²) in [4.78, 5) is 4.85. The second kappa shape index (κ2) is 14.9. The van der Waals surface area contributed by atoms with E-state index in [1.54, 1.807) is 0 Å². The molecule has 2 atom stereocenters. The lowest BCUT2D eigenvalue weighted by molar-refractivity contribution is 0.592. The van der Waals surface area contributed by atoms with Gasteiger partial charge in [-0.2, -0.15) is 0 Å². The van der Waals surface area contributed by atoms with E-state index in [0.29, 0.717) is 0 Å². The average Bonchev–Trinajstić information content (AvgIpc) is 3.74. The van der Waals surface area contributed by atoms with Gasteiger partial charge in [0.25, 0.3) is 0 Å². The highest BCUT2D eigenvalue weighted by atomic mass is 31.2. The summed E-state index contributed by atoms with van der Waals surface area (Å²) in [5.41, 5.74) is 13.3. The minimum atomic E-state index is -3.47. The number of hydrogen-bond donors (Lipinski definition) is 0. The predicted molar refractivity (Wildman–Crippen MR) is 286 cm³/mol. The minimum absolute atomic E-state index is 0.0740. The lowest BCUT2D eigenvalue weighted by Crippen LogP contribution is -2.73. The van der Waals surface area contributed by atoms with Crippen LogP contribution in [0.25, 0.3) is 27.5 Å². The number of nitrogens with zero attached hydrogens (tertiary/aromatic N) is 3. The molecule has 0 saturated heterocycles. The Balaban J connectivity index is 1.09. The minimum Gasteiger partial charge on any atom is -0.309 e. The van der Waals surface area contributed by atoms with Crippen molar-refractivity contribution in [1.29, 1.82) is 0 Å². The maximum Gasteiger partial charge on any atom is 0.244 e. The van der Waals surface area contributed by atoms with Gasteiger partial charge in [0.1, 0.15) is 0 Å². The largest absolute Gasteiger partial charge is 0.309 e. The number of para-hydroxylation sites is 5. The van der Waals surface area contributed by atoms with Crippen LogP contribution >= 0.6 is 15.1 Å². The van der Waals surface area contributed by atoms with E-state index in [4.69, 9.17) is 0 Å². The molecule has 0 fully saturated rings. The van der Waals surface area contributed by atoms with Gasteiger partial charge in [-0.25, -0.2) is 0 Å². The Labute approximate surface area is 391 Å². The Morgan fingerprint density at radius 3 is 1.79 bits per heavy atom. The lowest BCUT2D eigenvalue weighted by Gasteiger charge is -2.41. The van der Waals surface area contributed by atoms with Gasteiger partial charge in [-0.1, -0.05) is 187 Å². The van der Waals surface area contributed by atoms with Crippen molar-refractivity contribution in [2.75, 3.05) is 9.80 Å². The third kappa shape index (κ3) is 5.51. The Morgan fingerprint density at radius 2 is 1.03 bits per heavy atom. The van der Waals surface area contributed by atoms with Crippen molar-refractivity contribution in [2.45, 2.75) is 0 Å². The zero-order valence-electron chi connectivity index (χ0n) is 36.3. The number of anilines is 6. The highest BCUT2D eigenvalue weighted by Gasteiger charge is 2.48. The molecule has 3 aliphatic heterocycles. The summed E-state index contributed by atoms with van der Waals surface area (Å²) in [5, 5.41) is 8.99. The standard InChI is InChI=1S/C60H40BN3OP2/c65-67(45-26-11-4-12-27-45)56-35-19-34-55-58(56)61(48-29-14-18-33-54(48)66(55)44-24-9-3-10-25-44)49-38-36-43(40-57(49)67)64-50-30-15-13-28-46(50)47-37-39-53-60(59(47)64)63(42-22-7-2-8-23-42)52-32-17-16-31-51(52)62(53)41-20-5-1-6-21-41/h1-40H. The van der Waals surface area contributed by atoms with Crippen LogP contribution in [-0.2, 0) is 4.57 Å². The summed E-state index contributed by atoms with van der Waals surface area (Å²) in [6, 6.07) is 87.3. The summed E-state index contributed by atoms with van der Waals surface area (Å²) in [7, 11) is -4.36. The molecule has 3 aliphatic rings. The smallest absolute Gasteiger partial charge is 0.244 e. The van der Waals surface area contributed by atoms with E-state index in [2.05, 4.69) is 239 Å². The van der Waals surface area contributed by atoms with Gasteiger partial charge in [0.05, 0.1) is 33.8 Å². The average molecular weight is 892 g/mol. The molecule has 314 valence electrons. The highest BCUT2D eigenvalue weighted by Crippen LogP contribution is 2.57. The van der Waals surface area contributed by atoms with E-state index >= 15 is 4.57 Å². The molecule has 10 aromatic carbocycles. The summed E-state index contributed by atoms with van der Waals surface area (Å²) >= 11 is 0. The first kappa shape index (κ1) is 38.6. The maximum absolute atomic E-state index is 17.1. The van der Waals surface area contributed by atoms with E-state index in [9.17, 15) is 0 Å². The molecule has 1 aromatic heterocycles. The Bertz CT molecular complexity index is 3820. The van der Waals surface area contributed by atoms with E-state index in [1.165, 1.54) is 26.8 Å². The zero-order chi connectivity index (χ0) is 44.2. The monoisotopic (exact) mass is 891 g/mol. The van der Waals surface area contributed by atoms with Crippen molar-refractivity contribution in [3.05, 3.63) is 243 Å². The number of aromatic nitrogens is 1. The highest BCUT2D eigenvalue weighted by molar-refractivity contribution is 7.87. The Morgan fingerprint density at radius 1 is 0.418 bits per heavy atom. The molecule has 4 heterocycles. The molecule has 0 spiro atoms. The second-order valence-electron chi connectivity index (χ2n) is 17.6. The lowest BCUT2D eigenvalue weighted by atomic mass is 9.36. The van der Waals surface area contributed by atoms with E-state index in [-0.39, 0.29) is 6.71 Å². The van der Waals surface area contributed by atoms with Crippen molar-refractivity contribution in [3.8, 4) is 5.69 Å². The fourth-order valence-corrected chi connectivity index (χ4v) is 17.4. The molecule has 4 nitrogen and oxygen atoms in total. The quantitative estimate of drug-likeness (QED) is 0.127. The van der Waals surface area contributed by atoms with Gasteiger partial charge in [-0.05, 0) is 96.0 Å².